The average molecular weight is 319 g/mol. The van der Waals surface area contributed by atoms with Crippen molar-refractivity contribution in [3.05, 3.63) is 27.8 Å². The number of likely N-dealkylation sites (tertiary alicyclic amines) is 1. The molecule has 0 N–H and O–H groups in total. The van der Waals surface area contributed by atoms with Crippen molar-refractivity contribution in [2.45, 2.75) is 26.2 Å². The minimum atomic E-state index is -0.364. The Hall–Kier alpha value is -1.82. The standard InChI is InChI=1S/C17H25N3O3/c1-4-13-9-15(20(21)22)16(23-3)10-14(13)19-7-5-17(6-8-19)11-18(2)12-17/h9-10H,4-8,11-12H2,1-3H3. The highest BCUT2D eigenvalue weighted by Crippen LogP contribution is 2.42. The van der Waals surface area contributed by atoms with Gasteiger partial charge in [-0.2, -0.15) is 0 Å². The fourth-order valence-electron chi connectivity index (χ4n) is 4.12. The molecule has 1 spiro atoms. The summed E-state index contributed by atoms with van der Waals surface area (Å²) < 4.78 is 5.25. The van der Waals surface area contributed by atoms with Crippen molar-refractivity contribution in [2.75, 3.05) is 45.2 Å². The van der Waals surface area contributed by atoms with Crippen molar-refractivity contribution in [3.63, 3.8) is 0 Å². The number of aryl methyl sites for hydroxylation is 1. The molecule has 2 aliphatic rings. The minimum Gasteiger partial charge on any atom is -0.490 e. The summed E-state index contributed by atoms with van der Waals surface area (Å²) in [6.45, 7) is 6.47. The average Bonchev–Trinajstić information content (AvgIpc) is 2.53. The lowest BCUT2D eigenvalue weighted by Crippen LogP contribution is -2.58. The van der Waals surface area contributed by atoms with Crippen LogP contribution in [0.1, 0.15) is 25.3 Å². The number of hydrogen-bond acceptors (Lipinski definition) is 5. The van der Waals surface area contributed by atoms with Gasteiger partial charge in [0.2, 0.25) is 0 Å². The van der Waals surface area contributed by atoms with E-state index in [9.17, 15) is 10.1 Å². The second-order valence-electron chi connectivity index (χ2n) is 6.92. The normalized spacial score (nSPS) is 20.4. The molecule has 2 aliphatic heterocycles. The summed E-state index contributed by atoms with van der Waals surface area (Å²) in [5.74, 6) is 0.353. The van der Waals surface area contributed by atoms with Gasteiger partial charge in [-0.3, -0.25) is 10.1 Å². The third kappa shape index (κ3) is 2.87. The van der Waals surface area contributed by atoms with Crippen molar-refractivity contribution in [2.24, 2.45) is 5.41 Å². The van der Waals surface area contributed by atoms with E-state index in [1.54, 1.807) is 6.07 Å². The molecule has 1 aromatic carbocycles. The zero-order valence-electron chi connectivity index (χ0n) is 14.2. The van der Waals surface area contributed by atoms with Gasteiger partial charge in [0.25, 0.3) is 0 Å². The molecule has 0 radical (unpaired) electrons. The number of ether oxygens (including phenoxy) is 1. The van der Waals surface area contributed by atoms with Crippen molar-refractivity contribution in [1.29, 1.82) is 0 Å². The number of rotatable bonds is 4. The van der Waals surface area contributed by atoms with E-state index in [2.05, 4.69) is 16.8 Å². The molecular formula is C17H25N3O3. The summed E-state index contributed by atoms with van der Waals surface area (Å²) in [7, 11) is 3.67. The predicted molar refractivity (Wildman–Crippen MR) is 90.4 cm³/mol. The maximum Gasteiger partial charge on any atom is 0.311 e. The van der Waals surface area contributed by atoms with Crippen LogP contribution in [0.4, 0.5) is 11.4 Å². The van der Waals surface area contributed by atoms with E-state index >= 15 is 0 Å². The van der Waals surface area contributed by atoms with E-state index in [0.29, 0.717) is 11.2 Å². The van der Waals surface area contributed by atoms with Crippen LogP contribution in [0.15, 0.2) is 12.1 Å². The van der Waals surface area contributed by atoms with Crippen LogP contribution >= 0.6 is 0 Å². The molecule has 0 aromatic heterocycles. The fourth-order valence-corrected chi connectivity index (χ4v) is 4.12. The monoisotopic (exact) mass is 319 g/mol. The molecule has 1 aromatic rings. The molecule has 0 amide bonds. The Morgan fingerprint density at radius 3 is 2.43 bits per heavy atom. The topological polar surface area (TPSA) is 58.9 Å². The second kappa shape index (κ2) is 6.00. The van der Waals surface area contributed by atoms with Crippen molar-refractivity contribution in [3.8, 4) is 5.75 Å². The lowest BCUT2D eigenvalue weighted by molar-refractivity contribution is -0.385. The predicted octanol–water partition coefficient (Wildman–Crippen LogP) is 2.70. The minimum absolute atomic E-state index is 0.0576. The van der Waals surface area contributed by atoms with Crippen molar-refractivity contribution < 1.29 is 9.66 Å². The van der Waals surface area contributed by atoms with E-state index in [4.69, 9.17) is 4.74 Å². The molecule has 0 atom stereocenters. The summed E-state index contributed by atoms with van der Waals surface area (Å²) in [4.78, 5) is 15.6. The lowest BCUT2D eigenvalue weighted by atomic mass is 9.72. The summed E-state index contributed by atoms with van der Waals surface area (Å²) in [5, 5.41) is 11.2. The third-order valence-electron chi connectivity index (χ3n) is 5.33. The maximum absolute atomic E-state index is 11.2. The first kappa shape index (κ1) is 16.1. The fraction of sp³-hybridized carbons (Fsp3) is 0.647. The molecule has 23 heavy (non-hydrogen) atoms. The lowest BCUT2D eigenvalue weighted by Gasteiger charge is -2.53. The Bertz CT molecular complexity index is 601. The number of nitrogens with zero attached hydrogens (tertiary/aromatic N) is 3. The van der Waals surface area contributed by atoms with Gasteiger partial charge in [-0.05, 0) is 37.3 Å². The van der Waals surface area contributed by atoms with Gasteiger partial charge in [0.15, 0.2) is 5.75 Å². The number of nitro benzene ring substituents is 1. The molecule has 0 unspecified atom stereocenters. The van der Waals surface area contributed by atoms with Gasteiger partial charge in [0, 0.05) is 44.0 Å². The number of methoxy groups -OCH3 is 1. The Morgan fingerprint density at radius 1 is 1.30 bits per heavy atom. The van der Waals surface area contributed by atoms with Crippen molar-refractivity contribution >= 4 is 11.4 Å². The number of hydrogen-bond donors (Lipinski definition) is 0. The second-order valence-corrected chi connectivity index (χ2v) is 6.92. The van der Waals surface area contributed by atoms with Crippen LogP contribution in [0, 0.1) is 15.5 Å². The van der Waals surface area contributed by atoms with E-state index in [1.165, 1.54) is 33.0 Å². The summed E-state index contributed by atoms with van der Waals surface area (Å²) in [6, 6.07) is 3.53. The molecule has 0 saturated carbocycles. The number of piperidine rings is 1. The number of nitro groups is 1. The van der Waals surface area contributed by atoms with E-state index in [-0.39, 0.29) is 10.6 Å². The molecule has 2 fully saturated rings. The Kier molecular flexibility index (Phi) is 4.19. The van der Waals surface area contributed by atoms with Gasteiger partial charge in [0.05, 0.1) is 12.0 Å². The molecule has 3 rings (SSSR count). The summed E-state index contributed by atoms with van der Waals surface area (Å²) in [5.41, 5.74) is 2.68. The van der Waals surface area contributed by atoms with Gasteiger partial charge in [0.1, 0.15) is 0 Å². The highest BCUT2D eigenvalue weighted by atomic mass is 16.6. The molecule has 6 heteroatoms. The molecule has 2 saturated heterocycles. The molecular weight excluding hydrogens is 294 g/mol. The molecule has 0 aliphatic carbocycles. The van der Waals surface area contributed by atoms with Crippen LogP contribution in [0.25, 0.3) is 0 Å². The zero-order chi connectivity index (χ0) is 16.6. The number of benzene rings is 1. The van der Waals surface area contributed by atoms with E-state index in [1.807, 2.05) is 13.0 Å². The quantitative estimate of drug-likeness (QED) is 0.631. The highest BCUT2D eigenvalue weighted by molar-refractivity contribution is 5.64. The Labute approximate surface area is 137 Å². The van der Waals surface area contributed by atoms with Gasteiger partial charge >= 0.3 is 5.69 Å². The van der Waals surface area contributed by atoms with Gasteiger partial charge in [-0.25, -0.2) is 0 Å². The Morgan fingerprint density at radius 2 is 1.96 bits per heavy atom. The SMILES string of the molecule is CCc1cc([N+](=O)[O-])c(OC)cc1N1CCC2(CC1)CN(C)C2. The maximum atomic E-state index is 11.2. The van der Waals surface area contributed by atoms with E-state index in [0.717, 1.165) is 30.8 Å². The Balaban J connectivity index is 1.83. The van der Waals surface area contributed by atoms with Crippen LogP contribution in [0.2, 0.25) is 0 Å². The van der Waals surface area contributed by atoms with Crippen molar-refractivity contribution in [1.82, 2.24) is 4.90 Å². The zero-order valence-corrected chi connectivity index (χ0v) is 14.2. The first-order valence-electron chi connectivity index (χ1n) is 8.27. The third-order valence-corrected chi connectivity index (χ3v) is 5.33. The summed E-state index contributed by atoms with van der Waals surface area (Å²) >= 11 is 0. The molecule has 6 nitrogen and oxygen atoms in total. The van der Waals surface area contributed by atoms with Crippen LogP contribution in [-0.2, 0) is 6.42 Å². The first-order valence-corrected chi connectivity index (χ1v) is 8.27. The van der Waals surface area contributed by atoms with Crippen LogP contribution in [0.5, 0.6) is 5.75 Å². The summed E-state index contributed by atoms with van der Waals surface area (Å²) in [6.07, 6.45) is 3.17. The first-order chi connectivity index (χ1) is 11.0. The van der Waals surface area contributed by atoms with Crippen LogP contribution in [0.3, 0.4) is 0 Å². The van der Waals surface area contributed by atoms with Gasteiger partial charge in [-0.15, -0.1) is 0 Å². The van der Waals surface area contributed by atoms with E-state index < -0.39 is 0 Å². The van der Waals surface area contributed by atoms with Crippen LogP contribution < -0.4 is 9.64 Å². The molecule has 2 heterocycles. The molecule has 126 valence electrons. The largest absolute Gasteiger partial charge is 0.490 e. The highest BCUT2D eigenvalue weighted by Gasteiger charge is 2.43. The van der Waals surface area contributed by atoms with Gasteiger partial charge < -0.3 is 14.5 Å². The van der Waals surface area contributed by atoms with Crippen LogP contribution in [-0.4, -0.2) is 50.2 Å². The van der Waals surface area contributed by atoms with Gasteiger partial charge in [-0.1, -0.05) is 6.92 Å². The smallest absolute Gasteiger partial charge is 0.311 e. The molecule has 0 bridgehead atoms. The number of anilines is 1.